The van der Waals surface area contributed by atoms with Crippen molar-refractivity contribution in [2.24, 2.45) is 0 Å². The summed E-state index contributed by atoms with van der Waals surface area (Å²) in [5, 5.41) is 1.000. The molecule has 0 saturated heterocycles. The quantitative estimate of drug-likeness (QED) is 0.424. The van der Waals surface area contributed by atoms with Crippen molar-refractivity contribution in [3.05, 3.63) is 83.3 Å². The number of fused-ring (bicyclic) bond motifs is 1. The zero-order chi connectivity index (χ0) is 23.4. The van der Waals surface area contributed by atoms with Gasteiger partial charge in [0.1, 0.15) is 16.4 Å². The lowest BCUT2D eigenvalue weighted by Crippen LogP contribution is -2.15. The number of rotatable bonds is 5. The van der Waals surface area contributed by atoms with Gasteiger partial charge in [-0.25, -0.2) is 8.42 Å². The number of anilines is 1. The summed E-state index contributed by atoms with van der Waals surface area (Å²) in [4.78, 5) is 8.33. The fraction of sp³-hybridized carbons (Fsp3) is 0.0833. The molecule has 4 rings (SSSR count). The summed E-state index contributed by atoms with van der Waals surface area (Å²) in [6, 6.07) is 12.9. The summed E-state index contributed by atoms with van der Waals surface area (Å²) < 4.78 is 39.9. The molecule has 0 spiro atoms. The molecule has 2 aromatic heterocycles. The van der Waals surface area contributed by atoms with Gasteiger partial charge in [-0.3, -0.25) is 14.7 Å². The van der Waals surface area contributed by atoms with Gasteiger partial charge in [0.2, 0.25) is 0 Å². The fourth-order valence-electron chi connectivity index (χ4n) is 3.21. The summed E-state index contributed by atoms with van der Waals surface area (Å²) in [6.07, 6.45) is 4.69. The molecule has 4 aromatic rings. The molecule has 166 valence electrons. The van der Waals surface area contributed by atoms with Gasteiger partial charge in [0.05, 0.1) is 36.6 Å². The van der Waals surface area contributed by atoms with Crippen molar-refractivity contribution in [3.63, 3.8) is 0 Å². The van der Waals surface area contributed by atoms with Crippen molar-refractivity contribution in [1.29, 1.82) is 0 Å². The summed E-state index contributed by atoms with van der Waals surface area (Å²) >= 11 is 6.15. The maximum Gasteiger partial charge on any atom is 0.264 e. The lowest BCUT2D eigenvalue weighted by Gasteiger charge is -2.13. The highest BCUT2D eigenvalue weighted by molar-refractivity contribution is 7.93. The number of nitrogens with zero attached hydrogens (tertiary/aromatic N) is 2. The van der Waals surface area contributed by atoms with Crippen molar-refractivity contribution >= 4 is 38.2 Å². The highest BCUT2D eigenvalue weighted by Gasteiger charge is 2.21. The van der Waals surface area contributed by atoms with Crippen LogP contribution in [0.25, 0.3) is 10.9 Å². The van der Waals surface area contributed by atoms with E-state index < -0.39 is 10.0 Å². The highest BCUT2D eigenvalue weighted by Crippen LogP contribution is 2.31. The molecule has 0 aliphatic heterocycles. The first-order valence-corrected chi connectivity index (χ1v) is 11.5. The van der Waals surface area contributed by atoms with E-state index in [1.165, 1.54) is 26.5 Å². The number of hydrogen-bond donors (Lipinski definition) is 1. The van der Waals surface area contributed by atoms with E-state index in [0.29, 0.717) is 38.6 Å². The van der Waals surface area contributed by atoms with Crippen LogP contribution in [0.3, 0.4) is 0 Å². The van der Waals surface area contributed by atoms with E-state index in [2.05, 4.69) is 26.5 Å². The Kier molecular flexibility index (Phi) is 6.36. The molecule has 0 radical (unpaired) electrons. The number of methoxy groups -OCH3 is 2. The number of ether oxygens (including phenoxy) is 2. The molecule has 0 aliphatic rings. The predicted molar refractivity (Wildman–Crippen MR) is 127 cm³/mol. The van der Waals surface area contributed by atoms with E-state index in [1.54, 1.807) is 54.9 Å². The van der Waals surface area contributed by atoms with Crippen LogP contribution >= 0.6 is 11.6 Å². The van der Waals surface area contributed by atoms with Crippen molar-refractivity contribution in [2.75, 3.05) is 18.9 Å². The molecule has 2 heterocycles. The Morgan fingerprint density at radius 2 is 1.73 bits per heavy atom. The van der Waals surface area contributed by atoms with E-state index >= 15 is 0 Å². The molecular weight excluding hydrogens is 462 g/mol. The number of benzene rings is 2. The first-order valence-electron chi connectivity index (χ1n) is 9.67. The first kappa shape index (κ1) is 22.4. The van der Waals surface area contributed by atoms with Gasteiger partial charge in [-0.2, -0.15) is 0 Å². The SMILES string of the molecule is COc1ccncc1C#Cc1cc(Cl)ccc1NS(=O)(=O)c1ccc(OC)c2cccnc12. The molecule has 0 saturated carbocycles. The number of halogens is 1. The lowest BCUT2D eigenvalue weighted by molar-refractivity contribution is 0.413. The molecule has 7 nitrogen and oxygen atoms in total. The van der Waals surface area contributed by atoms with E-state index in [1.807, 2.05) is 0 Å². The van der Waals surface area contributed by atoms with Gasteiger partial charge in [0.15, 0.2) is 0 Å². The summed E-state index contributed by atoms with van der Waals surface area (Å²) in [6.45, 7) is 0. The molecule has 0 atom stereocenters. The number of aromatic nitrogens is 2. The van der Waals surface area contributed by atoms with E-state index in [0.717, 1.165) is 0 Å². The second-order valence-electron chi connectivity index (χ2n) is 6.79. The fourth-order valence-corrected chi connectivity index (χ4v) is 4.63. The van der Waals surface area contributed by atoms with Crippen LogP contribution in [-0.2, 0) is 10.0 Å². The third-order valence-corrected chi connectivity index (χ3v) is 6.39. The normalized spacial score (nSPS) is 10.9. The zero-order valence-electron chi connectivity index (χ0n) is 17.7. The Morgan fingerprint density at radius 3 is 2.52 bits per heavy atom. The minimum absolute atomic E-state index is 0.0155. The minimum atomic E-state index is -4.01. The third-order valence-electron chi connectivity index (χ3n) is 4.76. The van der Waals surface area contributed by atoms with Gasteiger partial charge >= 0.3 is 0 Å². The van der Waals surface area contributed by atoms with Crippen LogP contribution in [0.5, 0.6) is 11.5 Å². The topological polar surface area (TPSA) is 90.4 Å². The summed E-state index contributed by atoms with van der Waals surface area (Å²) in [5.41, 5.74) is 1.52. The van der Waals surface area contributed by atoms with Gasteiger partial charge in [-0.05, 0) is 48.5 Å². The average molecular weight is 480 g/mol. The molecule has 0 aliphatic carbocycles. The number of hydrogen-bond acceptors (Lipinski definition) is 6. The maximum absolute atomic E-state index is 13.3. The summed E-state index contributed by atoms with van der Waals surface area (Å²) in [7, 11) is -0.960. The van der Waals surface area contributed by atoms with Crippen LogP contribution < -0.4 is 14.2 Å². The Labute approximate surface area is 196 Å². The highest BCUT2D eigenvalue weighted by atomic mass is 35.5. The molecule has 0 fully saturated rings. The van der Waals surface area contributed by atoms with Crippen LogP contribution in [0.4, 0.5) is 5.69 Å². The molecule has 2 aromatic carbocycles. The standard InChI is InChI=1S/C24H18ClN3O4S/c1-31-21-11-13-26-15-17(21)6-5-16-14-18(25)7-8-20(16)28-33(29,30)23-10-9-22(32-2)19-4-3-12-27-24(19)23/h3-4,7-15,28H,1-2H3. The maximum atomic E-state index is 13.3. The van der Waals surface area contributed by atoms with Crippen LogP contribution in [0.1, 0.15) is 11.1 Å². The van der Waals surface area contributed by atoms with Crippen LogP contribution in [0.15, 0.2) is 72.0 Å². The smallest absolute Gasteiger partial charge is 0.264 e. The predicted octanol–water partition coefficient (Wildman–Crippen LogP) is 4.50. The van der Waals surface area contributed by atoms with Gasteiger partial charge in [-0.15, -0.1) is 0 Å². The minimum Gasteiger partial charge on any atom is -0.496 e. The summed E-state index contributed by atoms with van der Waals surface area (Å²) in [5.74, 6) is 7.00. The Bertz CT molecular complexity index is 1510. The van der Waals surface area contributed by atoms with Gasteiger partial charge in [0, 0.05) is 29.0 Å². The largest absolute Gasteiger partial charge is 0.496 e. The second-order valence-corrected chi connectivity index (χ2v) is 8.87. The molecular formula is C24H18ClN3O4S. The van der Waals surface area contributed by atoms with E-state index in [4.69, 9.17) is 21.1 Å². The average Bonchev–Trinajstić information content (AvgIpc) is 2.83. The molecule has 1 N–H and O–H groups in total. The van der Waals surface area contributed by atoms with Gasteiger partial charge in [-0.1, -0.05) is 23.4 Å². The number of pyridine rings is 2. The van der Waals surface area contributed by atoms with E-state index in [-0.39, 0.29) is 10.6 Å². The molecule has 0 unspecified atom stereocenters. The van der Waals surface area contributed by atoms with Crippen molar-refractivity contribution in [2.45, 2.75) is 4.90 Å². The van der Waals surface area contributed by atoms with Crippen molar-refractivity contribution in [1.82, 2.24) is 9.97 Å². The Balaban J connectivity index is 1.77. The lowest BCUT2D eigenvalue weighted by atomic mass is 10.1. The van der Waals surface area contributed by atoms with E-state index in [9.17, 15) is 8.42 Å². The number of sulfonamides is 1. The zero-order valence-corrected chi connectivity index (χ0v) is 19.2. The van der Waals surface area contributed by atoms with Gasteiger partial charge < -0.3 is 9.47 Å². The number of nitrogens with one attached hydrogen (secondary N) is 1. The van der Waals surface area contributed by atoms with Crippen LogP contribution in [0.2, 0.25) is 5.02 Å². The first-order chi connectivity index (χ1) is 15.9. The van der Waals surface area contributed by atoms with Crippen LogP contribution in [-0.4, -0.2) is 32.6 Å². The monoisotopic (exact) mass is 479 g/mol. The van der Waals surface area contributed by atoms with Gasteiger partial charge in [0.25, 0.3) is 10.0 Å². The third kappa shape index (κ3) is 4.70. The molecule has 0 bridgehead atoms. The van der Waals surface area contributed by atoms with Crippen molar-refractivity contribution in [3.8, 4) is 23.3 Å². The van der Waals surface area contributed by atoms with Crippen LogP contribution in [0, 0.1) is 11.8 Å². The molecule has 0 amide bonds. The molecule has 9 heteroatoms. The Hall–Kier alpha value is -3.80. The Morgan fingerprint density at radius 1 is 0.939 bits per heavy atom. The second kappa shape index (κ2) is 9.36. The van der Waals surface area contributed by atoms with Crippen molar-refractivity contribution < 1.29 is 17.9 Å². The molecule has 33 heavy (non-hydrogen) atoms.